The van der Waals surface area contributed by atoms with Gasteiger partial charge in [-0.1, -0.05) is 17.3 Å². The lowest BCUT2D eigenvalue weighted by molar-refractivity contribution is 0.0929. The van der Waals surface area contributed by atoms with E-state index in [0.29, 0.717) is 18.8 Å². The molecule has 0 aliphatic carbocycles. The standard InChI is InChI=1S/C19H24N4O3S/c1-13-10-16(22-26-13)18(24)20-11-14-6-5-9-23(12-14)19(25)21-15-7-3-4-8-17(15)27-2/h3-4,7-8,10,14H,5-6,9,11-12H2,1-2H3,(H,20,24)(H,21,25)/t14-/m0/s1. The maximum Gasteiger partial charge on any atom is 0.321 e. The number of hydrogen-bond acceptors (Lipinski definition) is 5. The normalized spacial score (nSPS) is 16.8. The van der Waals surface area contributed by atoms with Crippen LogP contribution in [-0.2, 0) is 0 Å². The lowest BCUT2D eigenvalue weighted by Crippen LogP contribution is -2.45. The minimum atomic E-state index is -0.248. The molecule has 1 saturated heterocycles. The van der Waals surface area contributed by atoms with Crippen molar-refractivity contribution < 1.29 is 14.1 Å². The minimum absolute atomic E-state index is 0.0975. The van der Waals surface area contributed by atoms with Crippen LogP contribution < -0.4 is 10.6 Å². The number of nitrogens with zero attached hydrogens (tertiary/aromatic N) is 2. The SMILES string of the molecule is CSc1ccccc1NC(=O)N1CCC[C@@H](CNC(=O)c2cc(C)on2)C1. The Balaban J connectivity index is 1.52. The van der Waals surface area contributed by atoms with Gasteiger partial charge in [-0.2, -0.15) is 0 Å². The average molecular weight is 388 g/mol. The topological polar surface area (TPSA) is 87.5 Å². The van der Waals surface area contributed by atoms with E-state index >= 15 is 0 Å². The molecule has 0 bridgehead atoms. The van der Waals surface area contributed by atoms with Crippen LogP contribution >= 0.6 is 11.8 Å². The van der Waals surface area contributed by atoms with Crippen molar-refractivity contribution in [1.29, 1.82) is 0 Å². The van der Waals surface area contributed by atoms with Crippen molar-refractivity contribution in [3.05, 3.63) is 41.8 Å². The first-order valence-corrected chi connectivity index (χ1v) is 10.2. The van der Waals surface area contributed by atoms with Crippen LogP contribution in [-0.4, -0.2) is 47.9 Å². The van der Waals surface area contributed by atoms with E-state index in [2.05, 4.69) is 15.8 Å². The molecule has 1 fully saturated rings. The summed E-state index contributed by atoms with van der Waals surface area (Å²) < 4.78 is 4.93. The van der Waals surface area contributed by atoms with Gasteiger partial charge in [0.2, 0.25) is 0 Å². The Hall–Kier alpha value is -2.48. The number of benzene rings is 1. The van der Waals surface area contributed by atoms with Gasteiger partial charge in [0.15, 0.2) is 5.69 Å². The highest BCUT2D eigenvalue weighted by molar-refractivity contribution is 7.98. The molecular weight excluding hydrogens is 364 g/mol. The summed E-state index contributed by atoms with van der Waals surface area (Å²) in [6.45, 7) is 3.60. The number of nitrogens with one attached hydrogen (secondary N) is 2. The Labute approximate surface area is 162 Å². The first kappa shape index (κ1) is 19.3. The highest BCUT2D eigenvalue weighted by Crippen LogP contribution is 2.25. The fourth-order valence-corrected chi connectivity index (χ4v) is 3.71. The smallest absolute Gasteiger partial charge is 0.321 e. The number of amides is 3. The van der Waals surface area contributed by atoms with Gasteiger partial charge in [0.25, 0.3) is 5.91 Å². The molecule has 0 unspecified atom stereocenters. The fraction of sp³-hybridized carbons (Fsp3) is 0.421. The molecule has 1 aromatic heterocycles. The summed E-state index contributed by atoms with van der Waals surface area (Å²) in [6.07, 6.45) is 3.88. The summed E-state index contributed by atoms with van der Waals surface area (Å²) in [5.74, 6) is 0.575. The lowest BCUT2D eigenvalue weighted by Gasteiger charge is -2.33. The van der Waals surface area contributed by atoms with Gasteiger partial charge < -0.3 is 20.1 Å². The molecule has 2 aromatic rings. The lowest BCUT2D eigenvalue weighted by atomic mass is 9.98. The molecule has 3 rings (SSSR count). The van der Waals surface area contributed by atoms with Crippen LogP contribution in [0.4, 0.5) is 10.5 Å². The van der Waals surface area contributed by atoms with E-state index in [1.165, 1.54) is 0 Å². The zero-order valence-corrected chi connectivity index (χ0v) is 16.3. The highest BCUT2D eigenvalue weighted by Gasteiger charge is 2.25. The molecule has 0 spiro atoms. The van der Waals surface area contributed by atoms with Crippen molar-refractivity contribution in [3.8, 4) is 0 Å². The van der Waals surface area contributed by atoms with E-state index in [1.54, 1.807) is 24.8 Å². The molecule has 0 saturated carbocycles. The number of piperidine rings is 1. The van der Waals surface area contributed by atoms with Crippen LogP contribution in [0.2, 0.25) is 0 Å². The number of carbonyl (C=O) groups excluding carboxylic acids is 2. The number of rotatable bonds is 5. The fourth-order valence-electron chi connectivity index (χ4n) is 3.16. The van der Waals surface area contributed by atoms with Gasteiger partial charge in [-0.3, -0.25) is 4.79 Å². The molecule has 2 N–H and O–H groups in total. The second kappa shape index (κ2) is 8.94. The Bertz CT molecular complexity index is 808. The second-order valence-electron chi connectivity index (χ2n) is 6.62. The van der Waals surface area contributed by atoms with Crippen molar-refractivity contribution in [2.24, 2.45) is 5.92 Å². The van der Waals surface area contributed by atoms with Gasteiger partial charge in [-0.15, -0.1) is 11.8 Å². The number of anilines is 1. The third-order valence-electron chi connectivity index (χ3n) is 4.57. The van der Waals surface area contributed by atoms with Crippen LogP contribution in [0.15, 0.2) is 39.8 Å². The number of aryl methyl sites for hydroxylation is 1. The van der Waals surface area contributed by atoms with Crippen molar-refractivity contribution >= 4 is 29.4 Å². The van der Waals surface area contributed by atoms with Crippen LogP contribution in [0, 0.1) is 12.8 Å². The largest absolute Gasteiger partial charge is 0.361 e. The zero-order chi connectivity index (χ0) is 19.2. The summed E-state index contributed by atoms with van der Waals surface area (Å²) in [6, 6.07) is 9.28. The Morgan fingerprint density at radius 1 is 1.37 bits per heavy atom. The number of aromatic nitrogens is 1. The van der Waals surface area contributed by atoms with E-state index in [-0.39, 0.29) is 23.6 Å². The third kappa shape index (κ3) is 5.03. The molecule has 1 atom stereocenters. The minimum Gasteiger partial charge on any atom is -0.361 e. The summed E-state index contributed by atoms with van der Waals surface area (Å²) in [7, 11) is 0. The first-order valence-electron chi connectivity index (χ1n) is 8.97. The van der Waals surface area contributed by atoms with Gasteiger partial charge in [-0.25, -0.2) is 4.79 Å². The number of hydrogen-bond donors (Lipinski definition) is 2. The zero-order valence-electron chi connectivity index (χ0n) is 15.5. The molecule has 1 aromatic carbocycles. The Kier molecular flexibility index (Phi) is 6.39. The Morgan fingerprint density at radius 2 is 2.19 bits per heavy atom. The van der Waals surface area contributed by atoms with E-state index in [0.717, 1.165) is 30.0 Å². The van der Waals surface area contributed by atoms with Crippen LogP contribution in [0.25, 0.3) is 0 Å². The quantitative estimate of drug-likeness (QED) is 0.767. The molecule has 0 radical (unpaired) electrons. The molecule has 144 valence electrons. The number of urea groups is 1. The van der Waals surface area contributed by atoms with Crippen LogP contribution in [0.5, 0.6) is 0 Å². The first-order chi connectivity index (χ1) is 13.1. The van der Waals surface area contributed by atoms with Crippen molar-refractivity contribution in [1.82, 2.24) is 15.4 Å². The van der Waals surface area contributed by atoms with Gasteiger partial charge in [0.1, 0.15) is 5.76 Å². The molecule has 1 aliphatic heterocycles. The molecule has 1 aliphatic rings. The maximum absolute atomic E-state index is 12.6. The summed E-state index contributed by atoms with van der Waals surface area (Å²) in [5, 5.41) is 9.61. The van der Waals surface area contributed by atoms with Gasteiger partial charge >= 0.3 is 6.03 Å². The number of likely N-dealkylation sites (tertiary alicyclic amines) is 1. The van der Waals surface area contributed by atoms with Crippen LogP contribution in [0.3, 0.4) is 0 Å². The van der Waals surface area contributed by atoms with E-state index in [1.807, 2.05) is 35.4 Å². The Morgan fingerprint density at radius 3 is 2.93 bits per heavy atom. The third-order valence-corrected chi connectivity index (χ3v) is 5.36. The number of thioether (sulfide) groups is 1. The van der Waals surface area contributed by atoms with E-state index in [9.17, 15) is 9.59 Å². The molecule has 7 nitrogen and oxygen atoms in total. The maximum atomic E-state index is 12.6. The van der Waals surface area contributed by atoms with Crippen LogP contribution in [0.1, 0.15) is 29.1 Å². The molecule has 8 heteroatoms. The number of para-hydroxylation sites is 1. The molecule has 3 amide bonds. The van der Waals surface area contributed by atoms with Crippen molar-refractivity contribution in [3.63, 3.8) is 0 Å². The monoisotopic (exact) mass is 388 g/mol. The molecule has 2 heterocycles. The second-order valence-corrected chi connectivity index (χ2v) is 7.47. The van der Waals surface area contributed by atoms with Crippen molar-refractivity contribution in [2.75, 3.05) is 31.2 Å². The van der Waals surface area contributed by atoms with Gasteiger partial charge in [-0.05, 0) is 44.1 Å². The summed E-state index contributed by atoms with van der Waals surface area (Å²) >= 11 is 1.60. The summed E-state index contributed by atoms with van der Waals surface area (Å²) in [5.41, 5.74) is 1.11. The van der Waals surface area contributed by atoms with E-state index < -0.39 is 0 Å². The van der Waals surface area contributed by atoms with Gasteiger partial charge in [0, 0.05) is 30.6 Å². The molecule has 27 heavy (non-hydrogen) atoms. The predicted molar refractivity (Wildman–Crippen MR) is 105 cm³/mol. The summed E-state index contributed by atoms with van der Waals surface area (Å²) in [4.78, 5) is 27.6. The average Bonchev–Trinajstić information content (AvgIpc) is 3.13. The van der Waals surface area contributed by atoms with E-state index in [4.69, 9.17) is 4.52 Å². The van der Waals surface area contributed by atoms with Crippen molar-refractivity contribution in [2.45, 2.75) is 24.7 Å². The molecular formula is C19H24N4O3S. The predicted octanol–water partition coefficient (Wildman–Crippen LogP) is 3.38. The van der Waals surface area contributed by atoms with Gasteiger partial charge in [0.05, 0.1) is 5.69 Å². The highest BCUT2D eigenvalue weighted by atomic mass is 32.2. The number of carbonyl (C=O) groups is 2.